The third-order valence-electron chi connectivity index (χ3n) is 4.29. The maximum Gasteiger partial charge on any atom is 0.166 e. The lowest BCUT2D eigenvalue weighted by atomic mass is 9.82. The van der Waals surface area contributed by atoms with Crippen LogP contribution in [0.25, 0.3) is 0 Å². The van der Waals surface area contributed by atoms with Gasteiger partial charge in [-0.05, 0) is 49.7 Å². The zero-order valence-electron chi connectivity index (χ0n) is 11.0. The largest absolute Gasteiger partial charge is 0.362 e. The predicted octanol–water partition coefficient (Wildman–Crippen LogP) is 3.22. The first-order chi connectivity index (χ1) is 8.24. The van der Waals surface area contributed by atoms with Gasteiger partial charge in [0.1, 0.15) is 0 Å². The Morgan fingerprint density at radius 2 is 1.88 bits per heavy atom. The molecule has 0 aromatic heterocycles. The summed E-state index contributed by atoms with van der Waals surface area (Å²) in [6, 6.07) is 0.639. The molecule has 0 saturated heterocycles. The van der Waals surface area contributed by atoms with E-state index >= 15 is 0 Å². The molecular formula is C14H26N2S. The van der Waals surface area contributed by atoms with E-state index in [4.69, 9.17) is 12.2 Å². The third-order valence-corrected chi connectivity index (χ3v) is 4.55. The van der Waals surface area contributed by atoms with Gasteiger partial charge < -0.3 is 10.6 Å². The van der Waals surface area contributed by atoms with Crippen LogP contribution in [0.5, 0.6) is 0 Å². The molecule has 0 radical (unpaired) electrons. The van der Waals surface area contributed by atoms with Gasteiger partial charge in [0.25, 0.3) is 0 Å². The predicted molar refractivity (Wildman–Crippen MR) is 77.1 cm³/mol. The first kappa shape index (κ1) is 13.1. The van der Waals surface area contributed by atoms with E-state index in [2.05, 4.69) is 17.6 Å². The van der Waals surface area contributed by atoms with Crippen LogP contribution in [0.4, 0.5) is 0 Å². The van der Waals surface area contributed by atoms with E-state index in [1.165, 1.54) is 51.4 Å². The molecule has 2 aliphatic carbocycles. The van der Waals surface area contributed by atoms with Gasteiger partial charge in [0.2, 0.25) is 0 Å². The van der Waals surface area contributed by atoms with Crippen LogP contribution in [0.1, 0.15) is 58.3 Å². The highest BCUT2D eigenvalue weighted by molar-refractivity contribution is 7.80. The summed E-state index contributed by atoms with van der Waals surface area (Å²) < 4.78 is 0. The van der Waals surface area contributed by atoms with Crippen LogP contribution in [-0.4, -0.2) is 17.7 Å². The highest BCUT2D eigenvalue weighted by Crippen LogP contribution is 2.27. The Labute approximate surface area is 111 Å². The van der Waals surface area contributed by atoms with Gasteiger partial charge in [-0.15, -0.1) is 0 Å². The Morgan fingerprint density at radius 3 is 2.59 bits per heavy atom. The molecular weight excluding hydrogens is 228 g/mol. The van der Waals surface area contributed by atoms with Crippen molar-refractivity contribution in [1.82, 2.24) is 10.6 Å². The van der Waals surface area contributed by atoms with Crippen molar-refractivity contribution in [2.75, 3.05) is 6.54 Å². The normalized spacial score (nSPS) is 30.2. The van der Waals surface area contributed by atoms with Crippen molar-refractivity contribution in [2.45, 2.75) is 64.3 Å². The van der Waals surface area contributed by atoms with Gasteiger partial charge in [-0.2, -0.15) is 0 Å². The lowest BCUT2D eigenvalue weighted by Gasteiger charge is -2.27. The van der Waals surface area contributed by atoms with E-state index < -0.39 is 0 Å². The molecule has 2 unspecified atom stereocenters. The van der Waals surface area contributed by atoms with Gasteiger partial charge in [0.05, 0.1) is 0 Å². The Hall–Kier alpha value is -0.310. The maximum atomic E-state index is 5.37. The lowest BCUT2D eigenvalue weighted by molar-refractivity contribution is 0.282. The molecule has 2 fully saturated rings. The number of rotatable bonds is 3. The number of nitrogens with one attached hydrogen (secondary N) is 2. The Morgan fingerprint density at radius 1 is 1.12 bits per heavy atom. The standard InChI is InChI=1S/C14H26N2S/c1-11-5-4-6-12(9-11)10-15-14(17)16-13-7-2-3-8-13/h11-13H,2-10H2,1H3,(H2,15,16,17). The zero-order chi connectivity index (χ0) is 12.1. The SMILES string of the molecule is CC1CCCC(CNC(=S)NC2CCCC2)C1. The van der Waals surface area contributed by atoms with E-state index in [-0.39, 0.29) is 0 Å². The summed E-state index contributed by atoms with van der Waals surface area (Å²) in [5.41, 5.74) is 0. The van der Waals surface area contributed by atoms with E-state index in [1.54, 1.807) is 0 Å². The summed E-state index contributed by atoms with van der Waals surface area (Å²) >= 11 is 5.37. The molecule has 2 atom stereocenters. The minimum absolute atomic E-state index is 0.639. The van der Waals surface area contributed by atoms with Crippen molar-refractivity contribution < 1.29 is 0 Å². The minimum Gasteiger partial charge on any atom is -0.362 e. The van der Waals surface area contributed by atoms with Crippen LogP contribution in [0.3, 0.4) is 0 Å². The Balaban J connectivity index is 1.61. The fourth-order valence-electron chi connectivity index (χ4n) is 3.29. The van der Waals surface area contributed by atoms with Gasteiger partial charge in [-0.25, -0.2) is 0 Å². The van der Waals surface area contributed by atoms with E-state index in [0.717, 1.165) is 23.5 Å². The van der Waals surface area contributed by atoms with Crippen LogP contribution < -0.4 is 10.6 Å². The Bertz CT molecular complexity index is 249. The summed E-state index contributed by atoms with van der Waals surface area (Å²) in [4.78, 5) is 0. The maximum absolute atomic E-state index is 5.37. The van der Waals surface area contributed by atoms with E-state index in [1.807, 2.05) is 0 Å². The zero-order valence-corrected chi connectivity index (χ0v) is 11.8. The van der Waals surface area contributed by atoms with Crippen LogP contribution in [0, 0.1) is 11.8 Å². The molecule has 0 aromatic carbocycles. The van der Waals surface area contributed by atoms with Crippen LogP contribution in [-0.2, 0) is 0 Å². The lowest BCUT2D eigenvalue weighted by Crippen LogP contribution is -2.42. The smallest absolute Gasteiger partial charge is 0.166 e. The number of hydrogen-bond donors (Lipinski definition) is 2. The van der Waals surface area contributed by atoms with Crippen LogP contribution >= 0.6 is 12.2 Å². The summed E-state index contributed by atoms with van der Waals surface area (Å²) in [6.45, 7) is 3.45. The van der Waals surface area contributed by atoms with Gasteiger partial charge >= 0.3 is 0 Å². The number of hydrogen-bond acceptors (Lipinski definition) is 1. The molecule has 2 saturated carbocycles. The van der Waals surface area contributed by atoms with Crippen molar-refractivity contribution in [1.29, 1.82) is 0 Å². The second kappa shape index (κ2) is 6.58. The quantitative estimate of drug-likeness (QED) is 0.756. The van der Waals surface area contributed by atoms with Gasteiger partial charge in [-0.1, -0.05) is 32.6 Å². The molecule has 17 heavy (non-hydrogen) atoms. The average molecular weight is 254 g/mol. The fraction of sp³-hybridized carbons (Fsp3) is 0.929. The topological polar surface area (TPSA) is 24.1 Å². The Kier molecular flexibility index (Phi) is 5.08. The van der Waals surface area contributed by atoms with Crippen molar-refractivity contribution in [3.63, 3.8) is 0 Å². The highest BCUT2D eigenvalue weighted by Gasteiger charge is 2.19. The van der Waals surface area contributed by atoms with Crippen molar-refractivity contribution in [2.24, 2.45) is 11.8 Å². The molecule has 2 rings (SSSR count). The summed E-state index contributed by atoms with van der Waals surface area (Å²) in [5, 5.41) is 7.75. The van der Waals surface area contributed by atoms with E-state index in [0.29, 0.717) is 6.04 Å². The first-order valence-corrected chi connectivity index (χ1v) is 7.69. The van der Waals surface area contributed by atoms with Gasteiger partial charge in [-0.3, -0.25) is 0 Å². The summed E-state index contributed by atoms with van der Waals surface area (Å²) in [7, 11) is 0. The van der Waals surface area contributed by atoms with Crippen molar-refractivity contribution in [3.05, 3.63) is 0 Å². The summed E-state index contributed by atoms with van der Waals surface area (Å²) in [6.07, 6.45) is 10.9. The monoisotopic (exact) mass is 254 g/mol. The molecule has 2 N–H and O–H groups in total. The van der Waals surface area contributed by atoms with Crippen molar-refractivity contribution >= 4 is 17.3 Å². The molecule has 3 heteroatoms. The molecule has 2 nitrogen and oxygen atoms in total. The molecule has 0 heterocycles. The van der Waals surface area contributed by atoms with E-state index in [9.17, 15) is 0 Å². The van der Waals surface area contributed by atoms with Crippen LogP contribution in [0.2, 0.25) is 0 Å². The second-order valence-electron chi connectivity index (χ2n) is 5.97. The molecule has 0 aromatic rings. The van der Waals surface area contributed by atoms with Gasteiger partial charge in [0.15, 0.2) is 5.11 Å². The average Bonchev–Trinajstić information content (AvgIpc) is 2.79. The van der Waals surface area contributed by atoms with Crippen molar-refractivity contribution in [3.8, 4) is 0 Å². The molecule has 0 bridgehead atoms. The molecule has 0 spiro atoms. The first-order valence-electron chi connectivity index (χ1n) is 7.28. The van der Waals surface area contributed by atoms with Crippen LogP contribution in [0.15, 0.2) is 0 Å². The second-order valence-corrected chi connectivity index (χ2v) is 6.38. The number of thiocarbonyl (C=S) groups is 1. The highest BCUT2D eigenvalue weighted by atomic mass is 32.1. The fourth-order valence-corrected chi connectivity index (χ4v) is 3.54. The molecule has 2 aliphatic rings. The minimum atomic E-state index is 0.639. The molecule has 98 valence electrons. The molecule has 0 aliphatic heterocycles. The van der Waals surface area contributed by atoms with Gasteiger partial charge in [0, 0.05) is 12.6 Å². The summed E-state index contributed by atoms with van der Waals surface area (Å²) in [5.74, 6) is 1.74. The third kappa shape index (κ3) is 4.46. The molecule has 0 amide bonds.